The molecule has 0 saturated carbocycles. The molecule has 0 saturated heterocycles. The van der Waals surface area contributed by atoms with Crippen LogP contribution in [0.3, 0.4) is 0 Å². The number of hydrogen-bond donors (Lipinski definition) is 2. The molecule has 1 aliphatic rings. The fourth-order valence-corrected chi connectivity index (χ4v) is 5.11. The highest BCUT2D eigenvalue weighted by Gasteiger charge is 2.21. The molecule has 2 N–H and O–H groups in total. The lowest BCUT2D eigenvalue weighted by atomic mass is 10.00. The molecule has 1 aliphatic heterocycles. The highest BCUT2D eigenvalue weighted by Crippen LogP contribution is 2.24. The predicted molar refractivity (Wildman–Crippen MR) is 74.1 cm³/mol. The van der Waals surface area contributed by atoms with Gasteiger partial charge < -0.3 is 5.32 Å². The molecule has 2 rings (SSSR count). The lowest BCUT2D eigenvalue weighted by Gasteiger charge is -2.20. The highest BCUT2D eigenvalue weighted by atomic mass is 32.3. The molecule has 1 aromatic carbocycles. The van der Waals surface area contributed by atoms with Gasteiger partial charge >= 0.3 is 0 Å². The topological polar surface area (TPSA) is 92.3 Å². The van der Waals surface area contributed by atoms with Gasteiger partial charge in [0.1, 0.15) is 0 Å². The minimum absolute atomic E-state index is 0.452. The van der Waals surface area contributed by atoms with Gasteiger partial charge in [0.15, 0.2) is 14.9 Å². The van der Waals surface area contributed by atoms with E-state index in [0.717, 1.165) is 30.3 Å². The average molecular weight is 304 g/mol. The molecule has 0 unspecified atom stereocenters. The molecule has 106 valence electrons. The number of nitrogens with one attached hydrogen (secondary N) is 2. The zero-order valence-corrected chi connectivity index (χ0v) is 12.1. The Morgan fingerprint density at radius 2 is 2.00 bits per heavy atom. The van der Waals surface area contributed by atoms with Gasteiger partial charge in [-0.1, -0.05) is 12.1 Å². The van der Waals surface area contributed by atoms with Crippen molar-refractivity contribution in [3.63, 3.8) is 0 Å². The van der Waals surface area contributed by atoms with E-state index in [-0.39, 0.29) is 0 Å². The van der Waals surface area contributed by atoms with Gasteiger partial charge in [0.2, 0.25) is 10.0 Å². The molecule has 0 fully saturated rings. The van der Waals surface area contributed by atoms with E-state index in [2.05, 4.69) is 10.0 Å². The molecule has 0 atom stereocenters. The molecule has 0 bridgehead atoms. The number of sulfonamides is 1. The Morgan fingerprint density at radius 1 is 1.26 bits per heavy atom. The van der Waals surface area contributed by atoms with Crippen LogP contribution in [0, 0.1) is 0 Å². The third kappa shape index (κ3) is 3.92. The Balaban J connectivity index is 2.29. The normalized spacial score (nSPS) is 15.8. The first-order chi connectivity index (χ1) is 8.77. The van der Waals surface area contributed by atoms with E-state index < -0.39 is 24.9 Å². The summed E-state index contributed by atoms with van der Waals surface area (Å²) in [7, 11) is -7.48. The van der Waals surface area contributed by atoms with Crippen molar-refractivity contribution < 1.29 is 16.8 Å². The first-order valence-corrected chi connectivity index (χ1v) is 9.48. The molecule has 6 nitrogen and oxygen atoms in total. The van der Waals surface area contributed by atoms with Crippen molar-refractivity contribution in [3.05, 3.63) is 29.3 Å². The van der Waals surface area contributed by atoms with Crippen LogP contribution in [0.4, 0.5) is 5.69 Å². The van der Waals surface area contributed by atoms with Crippen LogP contribution in [0.1, 0.15) is 11.1 Å². The second-order valence-electron chi connectivity index (χ2n) is 4.63. The Hall–Kier alpha value is -1.12. The Kier molecular flexibility index (Phi) is 3.84. The SMILES string of the molecule is CS(=O)(=O)CS(=O)(=O)Nc1cccc2c1CNCC2. The van der Waals surface area contributed by atoms with Crippen LogP contribution >= 0.6 is 0 Å². The van der Waals surface area contributed by atoms with E-state index in [1.165, 1.54) is 0 Å². The fraction of sp³-hybridized carbons (Fsp3) is 0.455. The van der Waals surface area contributed by atoms with Gasteiger partial charge in [-0.05, 0) is 30.2 Å². The monoisotopic (exact) mass is 304 g/mol. The molecule has 0 spiro atoms. The molecule has 0 amide bonds. The van der Waals surface area contributed by atoms with Crippen LogP contribution in [0.2, 0.25) is 0 Å². The van der Waals surface area contributed by atoms with Gasteiger partial charge in [0, 0.05) is 12.8 Å². The summed E-state index contributed by atoms with van der Waals surface area (Å²) in [6.45, 7) is 1.43. The van der Waals surface area contributed by atoms with Crippen molar-refractivity contribution in [1.82, 2.24) is 5.32 Å². The van der Waals surface area contributed by atoms with Crippen LogP contribution in [0.15, 0.2) is 18.2 Å². The average Bonchev–Trinajstić information content (AvgIpc) is 2.25. The van der Waals surface area contributed by atoms with E-state index >= 15 is 0 Å². The number of hydrogen-bond acceptors (Lipinski definition) is 5. The van der Waals surface area contributed by atoms with E-state index in [1.54, 1.807) is 12.1 Å². The molecule has 0 aliphatic carbocycles. The Labute approximate surface area is 113 Å². The van der Waals surface area contributed by atoms with Crippen molar-refractivity contribution >= 4 is 25.5 Å². The van der Waals surface area contributed by atoms with Crippen molar-refractivity contribution in [2.45, 2.75) is 13.0 Å². The lowest BCUT2D eigenvalue weighted by molar-refractivity contribution is 0.594. The maximum atomic E-state index is 11.8. The summed E-state index contributed by atoms with van der Waals surface area (Å²) in [6.07, 6.45) is 1.73. The summed E-state index contributed by atoms with van der Waals surface area (Å²) >= 11 is 0. The van der Waals surface area contributed by atoms with Crippen molar-refractivity contribution in [3.8, 4) is 0 Å². The van der Waals surface area contributed by atoms with Crippen molar-refractivity contribution in [1.29, 1.82) is 0 Å². The summed E-state index contributed by atoms with van der Waals surface area (Å²) < 4.78 is 48.1. The van der Waals surface area contributed by atoms with Crippen LogP contribution in [0.25, 0.3) is 0 Å². The first kappa shape index (κ1) is 14.3. The number of rotatable bonds is 4. The second-order valence-corrected chi connectivity index (χ2v) is 8.86. The molecule has 0 radical (unpaired) electrons. The zero-order chi connectivity index (χ0) is 14.1. The number of sulfone groups is 1. The minimum Gasteiger partial charge on any atom is -0.312 e. The Morgan fingerprint density at radius 3 is 2.68 bits per heavy atom. The summed E-state index contributed by atoms with van der Waals surface area (Å²) in [5.74, 6) is 0. The zero-order valence-electron chi connectivity index (χ0n) is 10.5. The van der Waals surface area contributed by atoms with Gasteiger partial charge in [0.05, 0.1) is 5.69 Å². The van der Waals surface area contributed by atoms with Crippen molar-refractivity contribution in [2.75, 3.05) is 22.6 Å². The number of fused-ring (bicyclic) bond motifs is 1. The van der Waals surface area contributed by atoms with Gasteiger partial charge in [0.25, 0.3) is 0 Å². The Bertz CT molecular complexity index is 681. The van der Waals surface area contributed by atoms with Crippen LogP contribution in [-0.2, 0) is 32.8 Å². The molecule has 19 heavy (non-hydrogen) atoms. The van der Waals surface area contributed by atoms with Crippen LogP contribution < -0.4 is 10.0 Å². The maximum Gasteiger partial charge on any atom is 0.247 e. The number of anilines is 1. The largest absolute Gasteiger partial charge is 0.312 e. The highest BCUT2D eigenvalue weighted by molar-refractivity contribution is 8.08. The van der Waals surface area contributed by atoms with E-state index in [0.29, 0.717) is 12.2 Å². The van der Waals surface area contributed by atoms with E-state index in [9.17, 15) is 16.8 Å². The summed E-state index contributed by atoms with van der Waals surface area (Å²) in [5, 5.41) is 2.26. The van der Waals surface area contributed by atoms with E-state index in [1.807, 2.05) is 6.07 Å². The lowest BCUT2D eigenvalue weighted by Crippen LogP contribution is -2.27. The molecule has 1 heterocycles. The molecule has 1 aromatic rings. The molecule has 0 aromatic heterocycles. The summed E-state index contributed by atoms with van der Waals surface area (Å²) in [5.41, 5.74) is 2.41. The smallest absolute Gasteiger partial charge is 0.247 e. The van der Waals surface area contributed by atoms with Crippen molar-refractivity contribution in [2.24, 2.45) is 0 Å². The molecular weight excluding hydrogens is 288 g/mol. The summed E-state index contributed by atoms with van der Waals surface area (Å²) in [4.78, 5) is 0. The maximum absolute atomic E-state index is 11.8. The van der Waals surface area contributed by atoms with Gasteiger partial charge in [-0.3, -0.25) is 4.72 Å². The predicted octanol–water partition coefficient (Wildman–Crippen LogP) is 0.0761. The quantitative estimate of drug-likeness (QED) is 0.821. The standard InChI is InChI=1S/C11H16N2O4S2/c1-18(14,15)8-19(16,17)13-11-4-2-3-9-5-6-12-7-10(9)11/h2-4,12-13H,5-8H2,1H3. The van der Waals surface area contributed by atoms with Crippen LogP contribution in [0.5, 0.6) is 0 Å². The molecule has 8 heteroatoms. The minimum atomic E-state index is -3.89. The summed E-state index contributed by atoms with van der Waals surface area (Å²) in [6, 6.07) is 5.36. The number of benzene rings is 1. The van der Waals surface area contributed by atoms with E-state index in [4.69, 9.17) is 0 Å². The third-order valence-electron chi connectivity index (χ3n) is 2.78. The first-order valence-electron chi connectivity index (χ1n) is 5.76. The van der Waals surface area contributed by atoms with Gasteiger partial charge in [-0.15, -0.1) is 0 Å². The van der Waals surface area contributed by atoms with Crippen LogP contribution in [-0.4, -0.2) is 34.7 Å². The third-order valence-corrected chi connectivity index (χ3v) is 6.27. The van der Waals surface area contributed by atoms with Gasteiger partial charge in [-0.2, -0.15) is 0 Å². The van der Waals surface area contributed by atoms with Gasteiger partial charge in [-0.25, -0.2) is 16.8 Å². The fourth-order valence-electron chi connectivity index (χ4n) is 2.09. The second kappa shape index (κ2) is 5.10. The molecular formula is C11H16N2O4S2.